The molecule has 1 aromatic carbocycles. The molecule has 0 radical (unpaired) electrons. The van der Waals surface area contributed by atoms with Crippen LogP contribution < -0.4 is 10.9 Å². The van der Waals surface area contributed by atoms with Crippen LogP contribution in [0, 0.1) is 5.82 Å². The van der Waals surface area contributed by atoms with Crippen molar-refractivity contribution in [2.75, 3.05) is 13.1 Å². The highest BCUT2D eigenvalue weighted by Gasteiger charge is 2.18. The van der Waals surface area contributed by atoms with Crippen LogP contribution in [0.25, 0.3) is 10.9 Å². The maximum Gasteiger partial charge on any atom is 0.261 e. The fourth-order valence-electron chi connectivity index (χ4n) is 2.27. The molecule has 1 unspecified atom stereocenters. The van der Waals surface area contributed by atoms with Gasteiger partial charge in [0, 0.05) is 6.54 Å². The number of nitrogens with zero attached hydrogens (tertiary/aromatic N) is 2. The Hall–Kier alpha value is -1.75. The van der Waals surface area contributed by atoms with Gasteiger partial charge in [-0.15, -0.1) is 0 Å². The monoisotopic (exact) mass is 233 g/mol. The first kappa shape index (κ1) is 10.4. The number of hydrogen-bond donors (Lipinski definition) is 1. The molecule has 4 nitrogen and oxygen atoms in total. The van der Waals surface area contributed by atoms with Gasteiger partial charge >= 0.3 is 0 Å². The SMILES string of the molecule is O=c1c2cccc(F)c2ncn1C1CCNC1. The highest BCUT2D eigenvalue weighted by atomic mass is 19.1. The van der Waals surface area contributed by atoms with Crippen molar-refractivity contribution < 1.29 is 4.39 Å². The second kappa shape index (κ2) is 3.92. The van der Waals surface area contributed by atoms with Crippen LogP contribution >= 0.6 is 0 Å². The Morgan fingerprint density at radius 2 is 2.35 bits per heavy atom. The average Bonchev–Trinajstić information content (AvgIpc) is 2.84. The van der Waals surface area contributed by atoms with Crippen molar-refractivity contribution in [3.63, 3.8) is 0 Å². The van der Waals surface area contributed by atoms with Gasteiger partial charge in [0.1, 0.15) is 11.3 Å². The van der Waals surface area contributed by atoms with E-state index in [1.54, 1.807) is 10.6 Å². The van der Waals surface area contributed by atoms with Gasteiger partial charge < -0.3 is 5.32 Å². The van der Waals surface area contributed by atoms with E-state index in [-0.39, 0.29) is 17.1 Å². The molecule has 3 rings (SSSR count). The summed E-state index contributed by atoms with van der Waals surface area (Å²) in [6.45, 7) is 1.67. The third-order valence-corrected chi connectivity index (χ3v) is 3.19. The van der Waals surface area contributed by atoms with E-state index in [9.17, 15) is 9.18 Å². The van der Waals surface area contributed by atoms with E-state index in [1.165, 1.54) is 18.5 Å². The van der Waals surface area contributed by atoms with Crippen LogP contribution in [0.4, 0.5) is 4.39 Å². The summed E-state index contributed by atoms with van der Waals surface area (Å²) in [6, 6.07) is 4.60. The van der Waals surface area contributed by atoms with Crippen molar-refractivity contribution in [3.05, 3.63) is 40.7 Å². The average molecular weight is 233 g/mol. The van der Waals surface area contributed by atoms with Gasteiger partial charge in [0.15, 0.2) is 0 Å². The predicted octanol–water partition coefficient (Wildman–Crippen LogP) is 1.07. The van der Waals surface area contributed by atoms with E-state index in [2.05, 4.69) is 10.3 Å². The van der Waals surface area contributed by atoms with E-state index in [0.29, 0.717) is 5.39 Å². The Balaban J connectivity index is 2.22. The van der Waals surface area contributed by atoms with Gasteiger partial charge in [0.05, 0.1) is 17.8 Å². The Labute approximate surface area is 97.1 Å². The quantitative estimate of drug-likeness (QED) is 0.801. The molecular formula is C12H12FN3O. The Kier molecular flexibility index (Phi) is 2.40. The van der Waals surface area contributed by atoms with Crippen molar-refractivity contribution in [3.8, 4) is 0 Å². The van der Waals surface area contributed by atoms with Crippen LogP contribution in [0.2, 0.25) is 0 Å². The van der Waals surface area contributed by atoms with Gasteiger partial charge in [-0.1, -0.05) is 6.07 Å². The molecule has 2 aromatic rings. The van der Waals surface area contributed by atoms with Crippen LogP contribution in [0.1, 0.15) is 12.5 Å². The minimum absolute atomic E-state index is 0.127. The first-order valence-corrected chi connectivity index (χ1v) is 5.63. The summed E-state index contributed by atoms with van der Waals surface area (Å²) in [4.78, 5) is 16.2. The summed E-state index contributed by atoms with van der Waals surface area (Å²) in [5.74, 6) is -0.448. The van der Waals surface area contributed by atoms with E-state index in [4.69, 9.17) is 0 Å². The number of nitrogens with one attached hydrogen (secondary N) is 1. The smallest absolute Gasteiger partial charge is 0.261 e. The minimum atomic E-state index is -0.448. The summed E-state index contributed by atoms with van der Waals surface area (Å²) >= 11 is 0. The molecule has 1 atom stereocenters. The van der Waals surface area contributed by atoms with Crippen molar-refractivity contribution >= 4 is 10.9 Å². The number of rotatable bonds is 1. The number of aromatic nitrogens is 2. The summed E-state index contributed by atoms with van der Waals surface area (Å²) in [6.07, 6.45) is 2.35. The van der Waals surface area contributed by atoms with Gasteiger partial charge in [-0.3, -0.25) is 9.36 Å². The third-order valence-electron chi connectivity index (χ3n) is 3.19. The zero-order valence-corrected chi connectivity index (χ0v) is 9.19. The Morgan fingerprint density at radius 3 is 3.12 bits per heavy atom. The molecule has 1 aromatic heterocycles. The fraction of sp³-hybridized carbons (Fsp3) is 0.333. The minimum Gasteiger partial charge on any atom is -0.315 e. The molecule has 1 N–H and O–H groups in total. The van der Waals surface area contributed by atoms with Crippen LogP contribution in [0.5, 0.6) is 0 Å². The van der Waals surface area contributed by atoms with E-state index in [0.717, 1.165) is 19.5 Å². The zero-order chi connectivity index (χ0) is 11.8. The largest absolute Gasteiger partial charge is 0.315 e. The lowest BCUT2D eigenvalue weighted by molar-refractivity contribution is 0.524. The summed E-state index contributed by atoms with van der Waals surface area (Å²) in [5.41, 5.74) is -0.0112. The molecule has 88 valence electrons. The summed E-state index contributed by atoms with van der Waals surface area (Å²) < 4.78 is 15.1. The predicted molar refractivity (Wildman–Crippen MR) is 62.5 cm³/mol. The molecule has 5 heteroatoms. The molecular weight excluding hydrogens is 221 g/mol. The maximum atomic E-state index is 13.5. The Bertz CT molecular complexity index is 617. The van der Waals surface area contributed by atoms with Gasteiger partial charge in [-0.2, -0.15) is 0 Å². The molecule has 0 amide bonds. The van der Waals surface area contributed by atoms with Crippen molar-refractivity contribution in [1.82, 2.24) is 14.9 Å². The first-order valence-electron chi connectivity index (χ1n) is 5.63. The summed E-state index contributed by atoms with van der Waals surface area (Å²) in [5, 5.41) is 3.54. The lowest BCUT2D eigenvalue weighted by Crippen LogP contribution is -2.26. The molecule has 1 aliphatic rings. The zero-order valence-electron chi connectivity index (χ0n) is 9.19. The van der Waals surface area contributed by atoms with Crippen LogP contribution in [0.3, 0.4) is 0 Å². The van der Waals surface area contributed by atoms with E-state index >= 15 is 0 Å². The van der Waals surface area contributed by atoms with E-state index in [1.807, 2.05) is 0 Å². The molecule has 0 bridgehead atoms. The molecule has 0 aliphatic carbocycles. The highest BCUT2D eigenvalue weighted by molar-refractivity contribution is 5.77. The number of halogens is 1. The molecule has 0 spiro atoms. The fourth-order valence-corrected chi connectivity index (χ4v) is 2.27. The molecule has 0 saturated carbocycles. The van der Waals surface area contributed by atoms with Crippen molar-refractivity contribution in [2.45, 2.75) is 12.5 Å². The van der Waals surface area contributed by atoms with Crippen LogP contribution in [0.15, 0.2) is 29.3 Å². The molecule has 1 fully saturated rings. The number of para-hydroxylation sites is 1. The summed E-state index contributed by atoms with van der Waals surface area (Å²) in [7, 11) is 0. The molecule has 1 aliphatic heterocycles. The van der Waals surface area contributed by atoms with E-state index < -0.39 is 5.82 Å². The normalized spacial score (nSPS) is 19.9. The van der Waals surface area contributed by atoms with Crippen LogP contribution in [-0.4, -0.2) is 22.6 Å². The van der Waals surface area contributed by atoms with Crippen LogP contribution in [-0.2, 0) is 0 Å². The van der Waals surface area contributed by atoms with Gasteiger partial charge in [-0.05, 0) is 25.1 Å². The molecule has 1 saturated heterocycles. The van der Waals surface area contributed by atoms with Gasteiger partial charge in [0.2, 0.25) is 0 Å². The second-order valence-corrected chi connectivity index (χ2v) is 4.24. The number of benzene rings is 1. The highest BCUT2D eigenvalue weighted by Crippen LogP contribution is 2.15. The number of hydrogen-bond acceptors (Lipinski definition) is 3. The molecule has 2 heterocycles. The topological polar surface area (TPSA) is 46.9 Å². The van der Waals surface area contributed by atoms with Gasteiger partial charge in [-0.25, -0.2) is 9.37 Å². The standard InChI is InChI=1S/C12H12FN3O/c13-10-3-1-2-9-11(10)15-7-16(12(9)17)8-4-5-14-6-8/h1-3,7-8,14H,4-6H2. The maximum absolute atomic E-state index is 13.5. The second-order valence-electron chi connectivity index (χ2n) is 4.24. The van der Waals surface area contributed by atoms with Crippen molar-refractivity contribution in [1.29, 1.82) is 0 Å². The lowest BCUT2D eigenvalue weighted by atomic mass is 10.2. The Morgan fingerprint density at radius 1 is 1.47 bits per heavy atom. The lowest BCUT2D eigenvalue weighted by Gasteiger charge is -2.12. The molecule has 17 heavy (non-hydrogen) atoms. The van der Waals surface area contributed by atoms with Crippen molar-refractivity contribution in [2.24, 2.45) is 0 Å². The van der Waals surface area contributed by atoms with Gasteiger partial charge in [0.25, 0.3) is 5.56 Å². The third kappa shape index (κ3) is 1.63. The first-order chi connectivity index (χ1) is 8.27. The number of fused-ring (bicyclic) bond motifs is 1.